The van der Waals surface area contributed by atoms with Crippen LogP contribution in [0.25, 0.3) is 10.9 Å². The lowest BCUT2D eigenvalue weighted by Crippen LogP contribution is -2.00. The fourth-order valence-electron chi connectivity index (χ4n) is 2.16. The molecule has 3 aromatic rings. The Morgan fingerprint density at radius 3 is 2.75 bits per heavy atom. The third-order valence-corrected chi connectivity index (χ3v) is 4.96. The number of rotatable bonds is 3. The summed E-state index contributed by atoms with van der Waals surface area (Å²) in [5, 5.41) is 5.59. The highest BCUT2D eigenvalue weighted by Gasteiger charge is 2.09. The Kier molecular flexibility index (Phi) is 3.92. The normalized spacial score (nSPS) is 10.9. The number of anilines is 1. The zero-order valence-electron chi connectivity index (χ0n) is 10.4. The molecule has 102 valence electrons. The van der Waals surface area contributed by atoms with Gasteiger partial charge in [0.2, 0.25) is 0 Å². The van der Waals surface area contributed by atoms with Crippen molar-refractivity contribution < 1.29 is 0 Å². The molecule has 1 aromatic heterocycles. The SMILES string of the molecule is Clc1c(Br)ccc(NCc2cccc3[nH]ccc23)c1Cl. The third kappa shape index (κ3) is 2.53. The lowest BCUT2D eigenvalue weighted by atomic mass is 10.1. The zero-order valence-corrected chi connectivity index (χ0v) is 13.5. The molecule has 20 heavy (non-hydrogen) atoms. The minimum absolute atomic E-state index is 0.525. The molecule has 0 aliphatic heterocycles. The molecule has 2 aromatic carbocycles. The van der Waals surface area contributed by atoms with E-state index < -0.39 is 0 Å². The fourth-order valence-corrected chi connectivity index (χ4v) is 3.00. The monoisotopic (exact) mass is 368 g/mol. The van der Waals surface area contributed by atoms with Crippen LogP contribution in [-0.2, 0) is 6.54 Å². The fraction of sp³-hybridized carbons (Fsp3) is 0.0667. The third-order valence-electron chi connectivity index (χ3n) is 3.19. The summed E-state index contributed by atoms with van der Waals surface area (Å²) in [6, 6.07) is 12.1. The summed E-state index contributed by atoms with van der Waals surface area (Å²) in [5.41, 5.74) is 3.16. The maximum Gasteiger partial charge on any atom is 0.0835 e. The quantitative estimate of drug-likeness (QED) is 0.557. The smallest absolute Gasteiger partial charge is 0.0835 e. The van der Waals surface area contributed by atoms with Gasteiger partial charge in [-0.15, -0.1) is 0 Å². The van der Waals surface area contributed by atoms with Crippen LogP contribution in [0.5, 0.6) is 0 Å². The van der Waals surface area contributed by atoms with Crippen LogP contribution in [0.4, 0.5) is 5.69 Å². The molecule has 0 spiro atoms. The van der Waals surface area contributed by atoms with Gasteiger partial charge in [-0.2, -0.15) is 0 Å². The van der Waals surface area contributed by atoms with Gasteiger partial charge in [0, 0.05) is 28.1 Å². The maximum absolute atomic E-state index is 6.23. The van der Waals surface area contributed by atoms with Crippen LogP contribution >= 0.6 is 39.1 Å². The Balaban J connectivity index is 1.87. The highest BCUT2D eigenvalue weighted by Crippen LogP contribution is 2.36. The predicted molar refractivity (Wildman–Crippen MR) is 89.8 cm³/mol. The van der Waals surface area contributed by atoms with E-state index in [0.717, 1.165) is 15.7 Å². The summed E-state index contributed by atoms with van der Waals surface area (Å²) in [6.45, 7) is 0.687. The van der Waals surface area contributed by atoms with Gasteiger partial charge in [-0.25, -0.2) is 0 Å². The van der Waals surface area contributed by atoms with E-state index in [0.29, 0.717) is 16.6 Å². The Bertz CT molecular complexity index is 768. The number of hydrogen-bond donors (Lipinski definition) is 2. The Morgan fingerprint density at radius 2 is 1.90 bits per heavy atom. The maximum atomic E-state index is 6.23. The van der Waals surface area contributed by atoms with Crippen LogP contribution in [0.15, 0.2) is 47.1 Å². The van der Waals surface area contributed by atoms with Crippen LogP contribution in [-0.4, -0.2) is 4.98 Å². The van der Waals surface area contributed by atoms with Crippen molar-refractivity contribution in [1.29, 1.82) is 0 Å². The van der Waals surface area contributed by atoms with Crippen molar-refractivity contribution in [3.05, 3.63) is 62.7 Å². The molecule has 0 amide bonds. The highest BCUT2D eigenvalue weighted by atomic mass is 79.9. The van der Waals surface area contributed by atoms with Gasteiger partial charge in [-0.3, -0.25) is 0 Å². The van der Waals surface area contributed by atoms with Gasteiger partial charge >= 0.3 is 0 Å². The molecular formula is C15H11BrCl2N2. The number of nitrogens with one attached hydrogen (secondary N) is 2. The Labute approximate surface area is 135 Å². The Hall–Kier alpha value is -1.16. The van der Waals surface area contributed by atoms with Crippen molar-refractivity contribution in [2.45, 2.75) is 6.54 Å². The molecule has 0 atom stereocenters. The van der Waals surface area contributed by atoms with E-state index in [2.05, 4.69) is 44.4 Å². The van der Waals surface area contributed by atoms with Crippen LogP contribution < -0.4 is 5.32 Å². The number of fused-ring (bicyclic) bond motifs is 1. The molecule has 2 nitrogen and oxygen atoms in total. The molecule has 5 heteroatoms. The van der Waals surface area contributed by atoms with Crippen LogP contribution in [0.1, 0.15) is 5.56 Å². The molecule has 0 aliphatic carbocycles. The van der Waals surface area contributed by atoms with Crippen molar-refractivity contribution in [2.24, 2.45) is 0 Å². The van der Waals surface area contributed by atoms with Crippen LogP contribution in [0.2, 0.25) is 10.0 Å². The minimum Gasteiger partial charge on any atom is -0.380 e. The second-order valence-electron chi connectivity index (χ2n) is 4.43. The van der Waals surface area contributed by atoms with E-state index in [-0.39, 0.29) is 0 Å². The Morgan fingerprint density at radius 1 is 1.05 bits per heavy atom. The summed E-state index contributed by atoms with van der Waals surface area (Å²) in [5.74, 6) is 0. The molecule has 0 aliphatic rings. The predicted octanol–water partition coefficient (Wildman–Crippen LogP) is 5.85. The molecule has 3 rings (SSSR count). The second-order valence-corrected chi connectivity index (χ2v) is 6.04. The average molecular weight is 370 g/mol. The average Bonchev–Trinajstić information content (AvgIpc) is 2.93. The number of aromatic nitrogens is 1. The first-order valence-corrected chi connectivity index (χ1v) is 7.64. The van der Waals surface area contributed by atoms with Crippen molar-refractivity contribution in [2.75, 3.05) is 5.32 Å². The van der Waals surface area contributed by atoms with Crippen molar-refractivity contribution in [3.63, 3.8) is 0 Å². The lowest BCUT2D eigenvalue weighted by molar-refractivity contribution is 1.17. The standard InChI is InChI=1S/C15H11BrCl2N2/c16-11-4-5-13(15(18)14(11)17)20-8-9-2-1-3-12-10(9)6-7-19-12/h1-7,19-20H,8H2. The number of benzene rings is 2. The van der Waals surface area contributed by atoms with E-state index >= 15 is 0 Å². The number of aromatic amines is 1. The molecule has 0 saturated heterocycles. The number of halogens is 3. The summed E-state index contributed by atoms with van der Waals surface area (Å²) < 4.78 is 0.794. The summed E-state index contributed by atoms with van der Waals surface area (Å²) in [7, 11) is 0. The van der Waals surface area contributed by atoms with Gasteiger partial charge in [0.05, 0.1) is 15.7 Å². The summed E-state index contributed by atoms with van der Waals surface area (Å²) in [6.07, 6.45) is 1.94. The number of H-pyrrole nitrogens is 1. The van der Waals surface area contributed by atoms with E-state index in [9.17, 15) is 0 Å². The zero-order chi connectivity index (χ0) is 14.1. The first-order valence-electron chi connectivity index (χ1n) is 6.09. The first-order chi connectivity index (χ1) is 9.66. The number of hydrogen-bond acceptors (Lipinski definition) is 1. The highest BCUT2D eigenvalue weighted by molar-refractivity contribution is 9.10. The molecule has 1 heterocycles. The van der Waals surface area contributed by atoms with Crippen molar-refractivity contribution in [1.82, 2.24) is 4.98 Å². The van der Waals surface area contributed by atoms with Gasteiger partial charge in [0.1, 0.15) is 0 Å². The van der Waals surface area contributed by atoms with E-state index in [1.54, 1.807) is 0 Å². The van der Waals surface area contributed by atoms with Gasteiger partial charge in [0.15, 0.2) is 0 Å². The lowest BCUT2D eigenvalue weighted by Gasteiger charge is -2.11. The molecular weight excluding hydrogens is 359 g/mol. The topological polar surface area (TPSA) is 27.8 Å². The van der Waals surface area contributed by atoms with Crippen molar-refractivity contribution >= 4 is 55.7 Å². The molecule has 0 fully saturated rings. The first kappa shape index (κ1) is 13.8. The van der Waals surface area contributed by atoms with Crippen LogP contribution in [0, 0.1) is 0 Å². The molecule has 0 bridgehead atoms. The van der Waals surface area contributed by atoms with E-state index in [1.807, 2.05) is 24.4 Å². The van der Waals surface area contributed by atoms with Crippen LogP contribution in [0.3, 0.4) is 0 Å². The van der Waals surface area contributed by atoms with E-state index in [4.69, 9.17) is 23.2 Å². The van der Waals surface area contributed by atoms with Gasteiger partial charge < -0.3 is 10.3 Å². The van der Waals surface area contributed by atoms with E-state index in [1.165, 1.54) is 10.9 Å². The molecule has 0 unspecified atom stereocenters. The largest absolute Gasteiger partial charge is 0.380 e. The van der Waals surface area contributed by atoms with Gasteiger partial charge in [-0.1, -0.05) is 35.3 Å². The molecule has 0 saturated carbocycles. The van der Waals surface area contributed by atoms with Gasteiger partial charge in [0.25, 0.3) is 0 Å². The second kappa shape index (κ2) is 5.68. The van der Waals surface area contributed by atoms with Crippen molar-refractivity contribution in [3.8, 4) is 0 Å². The minimum atomic E-state index is 0.525. The molecule has 0 radical (unpaired) electrons. The molecule has 2 N–H and O–H groups in total. The van der Waals surface area contributed by atoms with Gasteiger partial charge in [-0.05, 0) is 45.8 Å². The summed E-state index contributed by atoms with van der Waals surface area (Å²) >= 11 is 15.7. The summed E-state index contributed by atoms with van der Waals surface area (Å²) in [4.78, 5) is 3.20.